The van der Waals surface area contributed by atoms with Crippen molar-refractivity contribution in [1.82, 2.24) is 25.3 Å². The third-order valence-corrected chi connectivity index (χ3v) is 8.13. The molecule has 2 bridgehead atoms. The minimum Gasteiger partial charge on any atom is -0.356 e. The zero-order valence-electron chi connectivity index (χ0n) is 19.7. The van der Waals surface area contributed by atoms with Crippen LogP contribution in [0.4, 0.5) is 5.69 Å². The van der Waals surface area contributed by atoms with E-state index >= 15 is 0 Å². The van der Waals surface area contributed by atoms with Gasteiger partial charge in [0.2, 0.25) is 5.91 Å². The first-order valence-electron chi connectivity index (χ1n) is 12.7. The Morgan fingerprint density at radius 1 is 1.00 bits per heavy atom. The number of amides is 3. The number of fused-ring (bicyclic) bond motifs is 4. The molecule has 3 saturated heterocycles. The summed E-state index contributed by atoms with van der Waals surface area (Å²) < 4.78 is 0. The molecule has 4 aliphatic heterocycles. The first kappa shape index (κ1) is 22.2. The second-order valence-corrected chi connectivity index (χ2v) is 9.92. The fraction of sp³-hybridized carbons (Fsp3) is 0.500. The molecule has 0 unspecified atom stereocenters. The van der Waals surface area contributed by atoms with Gasteiger partial charge in [0.1, 0.15) is 5.54 Å². The van der Waals surface area contributed by atoms with E-state index in [4.69, 9.17) is 0 Å². The molecule has 35 heavy (non-hydrogen) atoms. The van der Waals surface area contributed by atoms with Crippen molar-refractivity contribution >= 4 is 23.4 Å². The van der Waals surface area contributed by atoms with Crippen LogP contribution in [0.25, 0.3) is 0 Å². The summed E-state index contributed by atoms with van der Waals surface area (Å²) in [4.78, 5) is 46.9. The molecule has 4 aliphatic rings. The van der Waals surface area contributed by atoms with Crippen LogP contribution in [0.15, 0.2) is 42.6 Å². The first-order valence-corrected chi connectivity index (χ1v) is 12.7. The van der Waals surface area contributed by atoms with Crippen LogP contribution < -0.4 is 10.2 Å². The van der Waals surface area contributed by atoms with E-state index in [0.717, 1.165) is 30.6 Å². The van der Waals surface area contributed by atoms with E-state index in [1.807, 2.05) is 29.2 Å². The molecule has 0 radical (unpaired) electrons. The molecule has 9 nitrogen and oxygen atoms in total. The van der Waals surface area contributed by atoms with E-state index in [-0.39, 0.29) is 23.8 Å². The van der Waals surface area contributed by atoms with Gasteiger partial charge in [-0.3, -0.25) is 19.3 Å². The zero-order valence-corrected chi connectivity index (χ0v) is 19.7. The number of carbonyl (C=O) groups excluding carboxylic acids is 3. The molecule has 1 aromatic heterocycles. The fourth-order valence-corrected chi connectivity index (χ4v) is 6.70. The van der Waals surface area contributed by atoms with Crippen molar-refractivity contribution in [3.63, 3.8) is 0 Å². The lowest BCUT2D eigenvalue weighted by Crippen LogP contribution is -2.56. The Morgan fingerprint density at radius 3 is 2.71 bits per heavy atom. The van der Waals surface area contributed by atoms with E-state index in [9.17, 15) is 14.4 Å². The van der Waals surface area contributed by atoms with Crippen LogP contribution in [-0.4, -0.2) is 76.5 Å². The summed E-state index contributed by atoms with van der Waals surface area (Å²) in [6, 6.07) is 11.6. The van der Waals surface area contributed by atoms with Crippen molar-refractivity contribution in [2.45, 2.75) is 43.7 Å². The minimum atomic E-state index is -0.926. The van der Waals surface area contributed by atoms with Gasteiger partial charge in [-0.05, 0) is 56.8 Å². The lowest BCUT2D eigenvalue weighted by molar-refractivity contribution is -0.138. The standard InChI is InChI=1S/C26H30N6O3/c33-23-20-17-18-7-4-16-32(18)26(20)19-8-1-2-10-22(19)31(25(26)35)15-6-14-30(13-5-11-27-23)24(34)21-9-3-12-28-29-21/h1-3,8-10,12,18,20H,4-7,11,13-17H2,(H,27,33)/t18-,20+,26+/m0/s1. The predicted molar refractivity (Wildman–Crippen MR) is 128 cm³/mol. The Labute approximate surface area is 204 Å². The average Bonchev–Trinajstić information content (AvgIpc) is 3.54. The highest BCUT2D eigenvalue weighted by Crippen LogP contribution is 2.57. The Morgan fingerprint density at radius 2 is 1.86 bits per heavy atom. The highest BCUT2D eigenvalue weighted by Gasteiger charge is 2.66. The molecule has 9 heteroatoms. The Kier molecular flexibility index (Phi) is 5.51. The zero-order chi connectivity index (χ0) is 24.0. The van der Waals surface area contributed by atoms with Gasteiger partial charge in [0, 0.05) is 49.7 Å². The third-order valence-electron chi connectivity index (χ3n) is 8.13. The number of rotatable bonds is 1. The van der Waals surface area contributed by atoms with Crippen molar-refractivity contribution in [2.75, 3.05) is 37.6 Å². The van der Waals surface area contributed by atoms with Crippen molar-refractivity contribution in [1.29, 1.82) is 0 Å². The van der Waals surface area contributed by atoms with Crippen molar-refractivity contribution < 1.29 is 14.4 Å². The number of hydrogen-bond acceptors (Lipinski definition) is 6. The number of hydrogen-bond donors (Lipinski definition) is 1. The predicted octanol–water partition coefficient (Wildman–Crippen LogP) is 1.56. The molecule has 1 aromatic carbocycles. The summed E-state index contributed by atoms with van der Waals surface area (Å²) in [5, 5.41) is 10.9. The molecule has 182 valence electrons. The van der Waals surface area contributed by atoms with Gasteiger partial charge in [0.05, 0.1) is 5.92 Å². The molecular weight excluding hydrogens is 444 g/mol. The van der Waals surface area contributed by atoms with Gasteiger partial charge in [0.25, 0.3) is 11.8 Å². The maximum absolute atomic E-state index is 14.3. The van der Waals surface area contributed by atoms with Gasteiger partial charge in [-0.15, -0.1) is 5.10 Å². The van der Waals surface area contributed by atoms with Crippen LogP contribution in [0, 0.1) is 5.92 Å². The highest BCUT2D eigenvalue weighted by atomic mass is 16.2. The molecule has 6 rings (SSSR count). The summed E-state index contributed by atoms with van der Waals surface area (Å²) in [5.74, 6) is -0.644. The van der Waals surface area contributed by atoms with E-state index in [2.05, 4.69) is 20.4 Å². The summed E-state index contributed by atoms with van der Waals surface area (Å²) in [5.41, 5.74) is 1.23. The summed E-state index contributed by atoms with van der Waals surface area (Å²) >= 11 is 0. The molecule has 2 aromatic rings. The smallest absolute Gasteiger partial charge is 0.274 e. The summed E-state index contributed by atoms with van der Waals surface area (Å²) in [6.45, 7) is 2.79. The highest BCUT2D eigenvalue weighted by molar-refractivity contribution is 6.11. The van der Waals surface area contributed by atoms with E-state index < -0.39 is 11.5 Å². The molecule has 1 N–H and O–H groups in total. The van der Waals surface area contributed by atoms with Crippen LogP contribution in [0.1, 0.15) is 48.2 Å². The third kappa shape index (κ3) is 3.36. The number of anilines is 1. The molecule has 1 spiro atoms. The lowest BCUT2D eigenvalue weighted by atomic mass is 9.78. The Hall–Kier alpha value is -3.33. The van der Waals surface area contributed by atoms with E-state index in [1.54, 1.807) is 23.2 Å². The SMILES string of the molecule is O=C1NCCCN(C(=O)c2cccnn2)CCCN2C(=O)[C@@]3(c4ccccc42)[C@@H]1C[C@@H]1CCCN13. The monoisotopic (exact) mass is 474 g/mol. The minimum absolute atomic E-state index is 0.00861. The Balaban J connectivity index is 1.35. The largest absolute Gasteiger partial charge is 0.356 e. The second kappa shape index (κ2) is 8.71. The number of benzene rings is 1. The molecule has 3 amide bonds. The van der Waals surface area contributed by atoms with Crippen LogP contribution in [-0.2, 0) is 15.1 Å². The number of nitrogens with zero attached hydrogens (tertiary/aromatic N) is 5. The maximum atomic E-state index is 14.3. The van der Waals surface area contributed by atoms with E-state index in [0.29, 0.717) is 51.1 Å². The van der Waals surface area contributed by atoms with Gasteiger partial charge in [-0.2, -0.15) is 5.10 Å². The number of aromatic nitrogens is 2. The molecule has 0 saturated carbocycles. The van der Waals surface area contributed by atoms with Crippen LogP contribution >= 0.6 is 0 Å². The molecular formula is C26H30N6O3. The summed E-state index contributed by atoms with van der Waals surface area (Å²) in [7, 11) is 0. The van der Waals surface area contributed by atoms with Crippen molar-refractivity contribution in [3.8, 4) is 0 Å². The normalized spacial score (nSPS) is 28.9. The van der Waals surface area contributed by atoms with Crippen LogP contribution in [0.5, 0.6) is 0 Å². The average molecular weight is 475 g/mol. The molecule has 0 aliphatic carbocycles. The molecule has 3 fully saturated rings. The maximum Gasteiger partial charge on any atom is 0.274 e. The van der Waals surface area contributed by atoms with E-state index in [1.165, 1.54) is 0 Å². The first-order chi connectivity index (χ1) is 17.1. The van der Waals surface area contributed by atoms with Crippen molar-refractivity contribution in [2.24, 2.45) is 5.92 Å². The van der Waals surface area contributed by atoms with Crippen molar-refractivity contribution in [3.05, 3.63) is 53.9 Å². The second-order valence-electron chi connectivity index (χ2n) is 9.92. The molecule has 3 atom stereocenters. The van der Waals surface area contributed by atoms with Gasteiger partial charge in [-0.25, -0.2) is 0 Å². The summed E-state index contributed by atoms with van der Waals surface area (Å²) in [6.07, 6.45) is 5.60. The number of nitrogens with one attached hydrogen (secondary N) is 1. The lowest BCUT2D eigenvalue weighted by Gasteiger charge is -2.37. The fourth-order valence-electron chi connectivity index (χ4n) is 6.70. The van der Waals surface area contributed by atoms with Gasteiger partial charge < -0.3 is 15.1 Å². The number of para-hydroxylation sites is 1. The van der Waals surface area contributed by atoms with Gasteiger partial charge in [-0.1, -0.05) is 18.2 Å². The molecule has 5 heterocycles. The van der Waals surface area contributed by atoms with Crippen LogP contribution in [0.2, 0.25) is 0 Å². The van der Waals surface area contributed by atoms with Gasteiger partial charge in [0.15, 0.2) is 5.69 Å². The topological polar surface area (TPSA) is 98.7 Å². The van der Waals surface area contributed by atoms with Gasteiger partial charge >= 0.3 is 0 Å². The quantitative estimate of drug-likeness (QED) is 0.674. The Bertz CT molecular complexity index is 1160. The number of carbonyl (C=O) groups is 3. The van der Waals surface area contributed by atoms with Crippen LogP contribution in [0.3, 0.4) is 0 Å².